The maximum atomic E-state index is 14.3. The fraction of sp³-hybridized carbons (Fsp3) is 0.542. The predicted molar refractivity (Wildman–Crippen MR) is 127 cm³/mol. The molecular formula is C24H32ClFN4O2. The Labute approximate surface area is 193 Å². The minimum absolute atomic E-state index is 0.341. The van der Waals surface area contributed by atoms with Gasteiger partial charge in [0, 0.05) is 44.0 Å². The molecule has 4 rings (SSSR count). The second kappa shape index (κ2) is 10.3. The predicted octanol–water partition coefficient (Wildman–Crippen LogP) is 4.44. The molecule has 1 aromatic carbocycles. The van der Waals surface area contributed by atoms with Gasteiger partial charge in [-0.1, -0.05) is 17.7 Å². The molecule has 2 aliphatic carbocycles. The van der Waals surface area contributed by atoms with Crippen molar-refractivity contribution in [3.05, 3.63) is 41.3 Å². The molecule has 4 N–H and O–H groups in total. The molecule has 0 radical (unpaired) electrons. The van der Waals surface area contributed by atoms with Gasteiger partial charge < -0.3 is 25.8 Å². The van der Waals surface area contributed by atoms with E-state index in [0.717, 1.165) is 68.6 Å². The Hall–Kier alpha value is -1.93. The van der Waals surface area contributed by atoms with Crippen LogP contribution in [0.4, 0.5) is 15.9 Å². The Kier molecular flexibility index (Phi) is 7.51. The van der Waals surface area contributed by atoms with Crippen molar-refractivity contribution in [1.82, 2.24) is 10.3 Å². The number of benzene rings is 1. The van der Waals surface area contributed by atoms with Crippen molar-refractivity contribution in [3.63, 3.8) is 0 Å². The minimum atomic E-state index is -0.702. The summed E-state index contributed by atoms with van der Waals surface area (Å²) in [6.07, 6.45) is 7.49. The number of methoxy groups -OCH3 is 1. The third-order valence-corrected chi connectivity index (χ3v) is 6.69. The van der Waals surface area contributed by atoms with E-state index in [9.17, 15) is 9.50 Å². The zero-order chi connectivity index (χ0) is 22.6. The summed E-state index contributed by atoms with van der Waals surface area (Å²) >= 11 is 6.44. The largest absolute Gasteiger partial charge is 0.388 e. The first kappa shape index (κ1) is 23.2. The molecule has 0 unspecified atom stereocenters. The number of ether oxygens (including phenoxy) is 1. The fourth-order valence-corrected chi connectivity index (χ4v) is 4.38. The molecule has 0 saturated heterocycles. The molecule has 2 saturated carbocycles. The first-order valence-electron chi connectivity index (χ1n) is 11.4. The van der Waals surface area contributed by atoms with Gasteiger partial charge in [0.1, 0.15) is 11.6 Å². The second-order valence-corrected chi connectivity index (χ2v) is 9.37. The summed E-state index contributed by atoms with van der Waals surface area (Å²) in [5, 5.41) is 20.7. The Morgan fingerprint density at radius 3 is 2.66 bits per heavy atom. The van der Waals surface area contributed by atoms with E-state index in [-0.39, 0.29) is 5.82 Å². The molecule has 2 aliphatic rings. The van der Waals surface area contributed by atoms with E-state index in [1.807, 2.05) is 6.07 Å². The second-order valence-electron chi connectivity index (χ2n) is 8.96. The monoisotopic (exact) mass is 462 g/mol. The third-order valence-electron chi connectivity index (χ3n) is 6.39. The van der Waals surface area contributed by atoms with E-state index in [1.54, 1.807) is 25.4 Å². The zero-order valence-corrected chi connectivity index (χ0v) is 19.2. The maximum absolute atomic E-state index is 14.3. The van der Waals surface area contributed by atoms with Crippen LogP contribution in [0.3, 0.4) is 0 Å². The average Bonchev–Trinajstić information content (AvgIpc) is 3.53. The number of nitrogens with zero attached hydrogens (tertiary/aromatic N) is 1. The molecule has 1 aromatic heterocycles. The lowest BCUT2D eigenvalue weighted by Crippen LogP contribution is -2.38. The molecule has 0 aliphatic heterocycles. The van der Waals surface area contributed by atoms with Crippen LogP contribution in [0.2, 0.25) is 5.02 Å². The van der Waals surface area contributed by atoms with Gasteiger partial charge in [-0.3, -0.25) is 0 Å². The SMILES string of the molecule is COCCN[C@H]1CC[C@H](Nc2cc(-c3ccc(F)c(NCC4(O)CC4)c3)c(Cl)cn2)CC1. The summed E-state index contributed by atoms with van der Waals surface area (Å²) in [7, 11) is 1.72. The highest BCUT2D eigenvalue weighted by Gasteiger charge is 2.40. The summed E-state index contributed by atoms with van der Waals surface area (Å²) in [5.74, 6) is 0.420. The number of nitrogens with one attached hydrogen (secondary N) is 3. The molecule has 174 valence electrons. The molecule has 2 aromatic rings. The third kappa shape index (κ3) is 6.10. The Bertz CT molecular complexity index is 917. The molecule has 0 bridgehead atoms. The fourth-order valence-electron chi connectivity index (χ4n) is 4.16. The van der Waals surface area contributed by atoms with Crippen LogP contribution in [0.5, 0.6) is 0 Å². The van der Waals surface area contributed by atoms with E-state index in [1.165, 1.54) is 6.07 Å². The van der Waals surface area contributed by atoms with E-state index in [2.05, 4.69) is 20.9 Å². The molecule has 32 heavy (non-hydrogen) atoms. The highest BCUT2D eigenvalue weighted by atomic mass is 35.5. The van der Waals surface area contributed by atoms with Gasteiger partial charge in [0.05, 0.1) is 22.9 Å². The van der Waals surface area contributed by atoms with Crippen molar-refractivity contribution in [2.75, 3.05) is 37.4 Å². The van der Waals surface area contributed by atoms with Crippen LogP contribution in [-0.2, 0) is 4.74 Å². The van der Waals surface area contributed by atoms with Crippen LogP contribution < -0.4 is 16.0 Å². The van der Waals surface area contributed by atoms with Crippen molar-refractivity contribution in [3.8, 4) is 11.1 Å². The van der Waals surface area contributed by atoms with Gasteiger partial charge in [0.15, 0.2) is 0 Å². The van der Waals surface area contributed by atoms with E-state index < -0.39 is 5.60 Å². The quantitative estimate of drug-likeness (QED) is 0.391. The number of hydrogen-bond donors (Lipinski definition) is 4. The van der Waals surface area contributed by atoms with Gasteiger partial charge in [-0.05, 0) is 62.3 Å². The van der Waals surface area contributed by atoms with Gasteiger partial charge in [0.2, 0.25) is 0 Å². The van der Waals surface area contributed by atoms with Crippen molar-refractivity contribution < 1.29 is 14.2 Å². The number of aliphatic hydroxyl groups is 1. The molecule has 0 amide bonds. The summed E-state index contributed by atoms with van der Waals surface area (Å²) < 4.78 is 19.4. The highest BCUT2D eigenvalue weighted by molar-refractivity contribution is 6.33. The number of anilines is 2. The van der Waals surface area contributed by atoms with Crippen LogP contribution in [0.1, 0.15) is 38.5 Å². The summed E-state index contributed by atoms with van der Waals surface area (Å²) in [6.45, 7) is 1.96. The van der Waals surface area contributed by atoms with Crippen molar-refractivity contribution >= 4 is 23.1 Å². The number of aromatic nitrogens is 1. The molecule has 0 spiro atoms. The number of rotatable bonds is 10. The molecule has 8 heteroatoms. The Balaban J connectivity index is 1.40. The van der Waals surface area contributed by atoms with Crippen LogP contribution >= 0.6 is 11.6 Å². The molecule has 0 atom stereocenters. The lowest BCUT2D eigenvalue weighted by atomic mass is 9.91. The normalized spacial score (nSPS) is 21.9. The maximum Gasteiger partial charge on any atom is 0.146 e. The molecule has 1 heterocycles. The smallest absolute Gasteiger partial charge is 0.146 e. The van der Waals surface area contributed by atoms with Gasteiger partial charge in [-0.25, -0.2) is 9.37 Å². The topological polar surface area (TPSA) is 78.4 Å². The minimum Gasteiger partial charge on any atom is -0.388 e. The Morgan fingerprint density at radius 1 is 1.19 bits per heavy atom. The van der Waals surface area contributed by atoms with Gasteiger partial charge in [-0.15, -0.1) is 0 Å². The first-order chi connectivity index (χ1) is 15.5. The Morgan fingerprint density at radius 2 is 1.94 bits per heavy atom. The van der Waals surface area contributed by atoms with Crippen LogP contribution in [0.25, 0.3) is 11.1 Å². The van der Waals surface area contributed by atoms with Crippen molar-refractivity contribution in [1.29, 1.82) is 0 Å². The highest BCUT2D eigenvalue weighted by Crippen LogP contribution is 2.36. The van der Waals surface area contributed by atoms with Crippen molar-refractivity contribution in [2.45, 2.75) is 56.2 Å². The summed E-state index contributed by atoms with van der Waals surface area (Å²) in [4.78, 5) is 4.46. The van der Waals surface area contributed by atoms with Crippen LogP contribution in [0, 0.1) is 5.82 Å². The van der Waals surface area contributed by atoms with Crippen molar-refractivity contribution in [2.24, 2.45) is 0 Å². The van der Waals surface area contributed by atoms with Gasteiger partial charge >= 0.3 is 0 Å². The zero-order valence-electron chi connectivity index (χ0n) is 18.5. The standard InChI is InChI=1S/C24H32ClFN4O2/c1-32-11-10-27-17-3-5-18(6-4-17)30-23-13-19(20(25)14-28-23)16-2-7-21(26)22(12-16)29-15-24(31)8-9-24/h2,7,12-14,17-18,27,29,31H,3-6,8-11,15H2,1H3,(H,28,30)/t17-,18-. The molecule has 2 fully saturated rings. The lowest BCUT2D eigenvalue weighted by Gasteiger charge is -2.30. The molecule has 6 nitrogen and oxygen atoms in total. The summed E-state index contributed by atoms with van der Waals surface area (Å²) in [5.41, 5.74) is 1.27. The van der Waals surface area contributed by atoms with Gasteiger partial charge in [-0.2, -0.15) is 0 Å². The summed E-state index contributed by atoms with van der Waals surface area (Å²) in [6, 6.07) is 7.71. The van der Waals surface area contributed by atoms with Crippen LogP contribution in [-0.4, -0.2) is 54.6 Å². The average molecular weight is 463 g/mol. The number of pyridine rings is 1. The number of halogens is 2. The van der Waals surface area contributed by atoms with E-state index in [4.69, 9.17) is 16.3 Å². The molecular weight excluding hydrogens is 431 g/mol. The van der Waals surface area contributed by atoms with Gasteiger partial charge in [0.25, 0.3) is 0 Å². The number of hydrogen-bond acceptors (Lipinski definition) is 6. The first-order valence-corrected chi connectivity index (χ1v) is 11.7. The van der Waals surface area contributed by atoms with E-state index >= 15 is 0 Å². The van der Waals surface area contributed by atoms with Crippen LogP contribution in [0.15, 0.2) is 30.5 Å². The van der Waals surface area contributed by atoms with E-state index in [0.29, 0.717) is 29.3 Å². The lowest BCUT2D eigenvalue weighted by molar-refractivity contribution is 0.164.